The van der Waals surface area contributed by atoms with E-state index in [1.807, 2.05) is 0 Å². The van der Waals surface area contributed by atoms with Gasteiger partial charge in [-0.05, 0) is 19.0 Å². The smallest absolute Gasteiger partial charge is 0.255 e. The van der Waals surface area contributed by atoms with Gasteiger partial charge in [-0.25, -0.2) is 0 Å². The quantitative estimate of drug-likeness (QED) is 0.632. The monoisotopic (exact) mass is 207 g/mol. The van der Waals surface area contributed by atoms with Crippen LogP contribution in [0.2, 0.25) is 0 Å². The van der Waals surface area contributed by atoms with Crippen LogP contribution in [0.5, 0.6) is 5.75 Å². The maximum atomic E-state index is 11.7. The van der Waals surface area contributed by atoms with Crippen LogP contribution in [0.1, 0.15) is 16.8 Å². The Morgan fingerprint density at radius 1 is 1.67 bits per heavy atom. The summed E-state index contributed by atoms with van der Waals surface area (Å²) in [5, 5.41) is 15.4. The Morgan fingerprint density at radius 3 is 3.20 bits per heavy atom. The first kappa shape index (κ1) is 9.92. The number of pyridine rings is 1. The molecule has 1 aromatic heterocycles. The van der Waals surface area contributed by atoms with Crippen LogP contribution in [-0.4, -0.2) is 35.1 Å². The molecule has 1 amide bonds. The molecule has 1 aliphatic heterocycles. The molecule has 3 N–H and O–H groups in total. The van der Waals surface area contributed by atoms with Crippen LogP contribution < -0.4 is 10.6 Å². The number of carbonyl (C=O) groups excluding carboxylic acids is 1. The van der Waals surface area contributed by atoms with Gasteiger partial charge in [-0.2, -0.15) is 0 Å². The van der Waals surface area contributed by atoms with E-state index in [9.17, 15) is 9.90 Å². The van der Waals surface area contributed by atoms with E-state index in [1.54, 1.807) is 0 Å². The molecule has 1 saturated heterocycles. The molecule has 1 fully saturated rings. The Bertz CT molecular complexity index is 361. The highest BCUT2D eigenvalue weighted by Gasteiger charge is 2.18. The first-order valence-electron chi connectivity index (χ1n) is 4.92. The fourth-order valence-corrected chi connectivity index (χ4v) is 1.62. The van der Waals surface area contributed by atoms with Crippen molar-refractivity contribution in [2.75, 3.05) is 13.1 Å². The first-order valence-corrected chi connectivity index (χ1v) is 4.92. The van der Waals surface area contributed by atoms with Gasteiger partial charge in [0.25, 0.3) is 5.91 Å². The zero-order valence-electron chi connectivity index (χ0n) is 8.23. The first-order chi connectivity index (χ1) is 7.27. The van der Waals surface area contributed by atoms with Gasteiger partial charge in [0.05, 0.1) is 11.8 Å². The summed E-state index contributed by atoms with van der Waals surface area (Å²) >= 11 is 0. The third kappa shape index (κ3) is 2.24. The van der Waals surface area contributed by atoms with Crippen LogP contribution in [-0.2, 0) is 0 Å². The van der Waals surface area contributed by atoms with Crippen LogP contribution in [0.3, 0.4) is 0 Å². The predicted octanol–water partition coefficient (Wildman–Crippen LogP) is -0.121. The minimum atomic E-state index is -0.247. The summed E-state index contributed by atoms with van der Waals surface area (Å²) in [7, 11) is 0. The van der Waals surface area contributed by atoms with Gasteiger partial charge in [-0.15, -0.1) is 0 Å². The average Bonchev–Trinajstić information content (AvgIpc) is 2.71. The van der Waals surface area contributed by atoms with Gasteiger partial charge < -0.3 is 15.7 Å². The summed E-state index contributed by atoms with van der Waals surface area (Å²) in [6.45, 7) is 1.71. The SMILES string of the molecule is O=C(NC1CCNC1)c1ccncc1O. The maximum absolute atomic E-state index is 11.7. The summed E-state index contributed by atoms with van der Waals surface area (Å²) in [5.41, 5.74) is 0.275. The second-order valence-corrected chi connectivity index (χ2v) is 3.56. The van der Waals surface area contributed by atoms with Crippen molar-refractivity contribution in [3.8, 4) is 5.75 Å². The van der Waals surface area contributed by atoms with Gasteiger partial charge in [-0.3, -0.25) is 9.78 Å². The zero-order chi connectivity index (χ0) is 10.7. The minimum absolute atomic E-state index is 0.0824. The molecule has 5 heteroatoms. The van der Waals surface area contributed by atoms with Crippen LogP contribution in [0.25, 0.3) is 0 Å². The highest BCUT2D eigenvalue weighted by atomic mass is 16.3. The molecular weight excluding hydrogens is 194 g/mol. The largest absolute Gasteiger partial charge is 0.505 e. The molecule has 0 spiro atoms. The fourth-order valence-electron chi connectivity index (χ4n) is 1.62. The molecule has 15 heavy (non-hydrogen) atoms. The summed E-state index contributed by atoms with van der Waals surface area (Å²) < 4.78 is 0. The van der Waals surface area contributed by atoms with Crippen molar-refractivity contribution >= 4 is 5.91 Å². The zero-order valence-corrected chi connectivity index (χ0v) is 8.23. The number of nitrogens with one attached hydrogen (secondary N) is 2. The van der Waals surface area contributed by atoms with Crippen molar-refractivity contribution in [3.63, 3.8) is 0 Å². The third-order valence-corrected chi connectivity index (χ3v) is 2.44. The van der Waals surface area contributed by atoms with E-state index in [0.717, 1.165) is 19.5 Å². The summed E-state index contributed by atoms with van der Waals surface area (Å²) in [6.07, 6.45) is 3.68. The second-order valence-electron chi connectivity index (χ2n) is 3.56. The Labute approximate surface area is 87.5 Å². The van der Waals surface area contributed by atoms with Gasteiger partial charge in [0.15, 0.2) is 0 Å². The standard InChI is InChI=1S/C10H13N3O2/c14-9-6-12-4-2-8(9)10(15)13-7-1-3-11-5-7/h2,4,6-7,11,14H,1,3,5H2,(H,13,15). The van der Waals surface area contributed by atoms with Crippen LogP contribution in [0, 0.1) is 0 Å². The molecule has 2 heterocycles. The molecule has 0 radical (unpaired) electrons. The molecule has 0 aromatic carbocycles. The van der Waals surface area contributed by atoms with Crippen LogP contribution in [0.4, 0.5) is 0 Å². The van der Waals surface area contributed by atoms with E-state index >= 15 is 0 Å². The van der Waals surface area contributed by atoms with Crippen molar-refractivity contribution in [3.05, 3.63) is 24.0 Å². The molecule has 5 nitrogen and oxygen atoms in total. The van der Waals surface area contributed by atoms with Gasteiger partial charge in [0.1, 0.15) is 5.75 Å². The molecule has 1 aromatic rings. The van der Waals surface area contributed by atoms with Crippen molar-refractivity contribution in [1.29, 1.82) is 0 Å². The highest BCUT2D eigenvalue weighted by Crippen LogP contribution is 2.14. The number of aromatic hydroxyl groups is 1. The summed E-state index contributed by atoms with van der Waals surface area (Å²) in [6, 6.07) is 1.66. The molecule has 1 aliphatic rings. The van der Waals surface area contributed by atoms with Gasteiger partial charge in [0, 0.05) is 18.8 Å². The van der Waals surface area contributed by atoms with Crippen LogP contribution in [0.15, 0.2) is 18.5 Å². The number of aromatic nitrogens is 1. The second kappa shape index (κ2) is 4.27. The summed E-state index contributed by atoms with van der Waals surface area (Å²) in [5.74, 6) is -0.329. The van der Waals surface area contributed by atoms with Crippen molar-refractivity contribution < 1.29 is 9.90 Å². The van der Waals surface area contributed by atoms with Crippen molar-refractivity contribution in [2.45, 2.75) is 12.5 Å². The third-order valence-electron chi connectivity index (χ3n) is 2.44. The Hall–Kier alpha value is -1.62. The average molecular weight is 207 g/mol. The van der Waals surface area contributed by atoms with Gasteiger partial charge in [-0.1, -0.05) is 0 Å². The number of nitrogens with zero attached hydrogens (tertiary/aromatic N) is 1. The van der Waals surface area contributed by atoms with Gasteiger partial charge in [0.2, 0.25) is 0 Å². The lowest BCUT2D eigenvalue weighted by Gasteiger charge is -2.11. The fraction of sp³-hybridized carbons (Fsp3) is 0.400. The summed E-state index contributed by atoms with van der Waals surface area (Å²) in [4.78, 5) is 15.4. The molecule has 0 saturated carbocycles. The topological polar surface area (TPSA) is 74.2 Å². The lowest BCUT2D eigenvalue weighted by Crippen LogP contribution is -2.36. The van der Waals surface area contributed by atoms with E-state index in [-0.39, 0.29) is 23.3 Å². The Kier molecular flexibility index (Phi) is 2.82. The highest BCUT2D eigenvalue weighted by molar-refractivity contribution is 5.96. The van der Waals surface area contributed by atoms with Gasteiger partial charge >= 0.3 is 0 Å². The number of amides is 1. The van der Waals surface area contributed by atoms with Crippen molar-refractivity contribution in [1.82, 2.24) is 15.6 Å². The molecule has 0 aliphatic carbocycles. The molecule has 80 valence electrons. The molecular formula is C10H13N3O2. The maximum Gasteiger partial charge on any atom is 0.255 e. The van der Waals surface area contributed by atoms with Crippen LogP contribution >= 0.6 is 0 Å². The van der Waals surface area contributed by atoms with Crippen molar-refractivity contribution in [2.24, 2.45) is 0 Å². The van der Waals surface area contributed by atoms with E-state index < -0.39 is 0 Å². The molecule has 1 atom stereocenters. The number of rotatable bonds is 2. The number of hydrogen-bond acceptors (Lipinski definition) is 4. The lowest BCUT2D eigenvalue weighted by molar-refractivity contribution is 0.0937. The lowest BCUT2D eigenvalue weighted by atomic mass is 10.2. The number of hydrogen-bond donors (Lipinski definition) is 3. The normalized spacial score (nSPS) is 20.1. The molecule has 1 unspecified atom stereocenters. The van der Waals surface area contributed by atoms with E-state index in [0.29, 0.717) is 0 Å². The Morgan fingerprint density at radius 2 is 2.53 bits per heavy atom. The van der Waals surface area contributed by atoms with E-state index in [4.69, 9.17) is 0 Å². The predicted molar refractivity (Wildman–Crippen MR) is 54.6 cm³/mol. The minimum Gasteiger partial charge on any atom is -0.505 e. The van der Waals surface area contributed by atoms with E-state index in [1.165, 1.54) is 18.5 Å². The molecule has 2 rings (SSSR count). The number of carbonyl (C=O) groups is 1. The Balaban J connectivity index is 2.04. The van der Waals surface area contributed by atoms with E-state index in [2.05, 4.69) is 15.6 Å². The molecule has 0 bridgehead atoms.